The lowest BCUT2D eigenvalue weighted by Crippen LogP contribution is -2.38. The average molecular weight is 216 g/mol. The molecule has 1 aromatic carbocycles. The van der Waals surface area contributed by atoms with Crippen molar-refractivity contribution in [3.63, 3.8) is 0 Å². The predicted molar refractivity (Wildman–Crippen MR) is 67.8 cm³/mol. The van der Waals surface area contributed by atoms with Gasteiger partial charge in [0.25, 0.3) is 0 Å². The van der Waals surface area contributed by atoms with Crippen LogP contribution in [0.25, 0.3) is 0 Å². The van der Waals surface area contributed by atoms with E-state index in [1.807, 2.05) is 0 Å². The molecule has 0 saturated heterocycles. The molecular weight excluding hydrogens is 196 g/mol. The Hall–Kier alpha value is -1.44. The van der Waals surface area contributed by atoms with Crippen LogP contribution in [0.3, 0.4) is 0 Å². The van der Waals surface area contributed by atoms with E-state index in [4.69, 9.17) is 0 Å². The van der Waals surface area contributed by atoms with E-state index in [0.29, 0.717) is 6.17 Å². The summed E-state index contributed by atoms with van der Waals surface area (Å²) in [6.45, 7) is 3.37. The minimum absolute atomic E-state index is 0.488. The van der Waals surface area contributed by atoms with Crippen LogP contribution in [0.1, 0.15) is 18.9 Å². The lowest BCUT2D eigenvalue weighted by atomic mass is 10.1. The summed E-state index contributed by atoms with van der Waals surface area (Å²) in [5.41, 5.74) is 1.41. The highest BCUT2D eigenvalue weighted by Crippen LogP contribution is 2.18. The van der Waals surface area contributed by atoms with Crippen molar-refractivity contribution in [1.29, 1.82) is 0 Å². The van der Waals surface area contributed by atoms with Crippen molar-refractivity contribution >= 4 is 0 Å². The number of rotatable bonds is 4. The highest BCUT2D eigenvalue weighted by Gasteiger charge is 2.22. The molecule has 0 aliphatic carbocycles. The zero-order chi connectivity index (χ0) is 11.4. The zero-order valence-electron chi connectivity index (χ0n) is 10.1. The maximum absolute atomic E-state index is 2.42. The van der Waals surface area contributed by atoms with Crippen molar-refractivity contribution in [3.05, 3.63) is 48.3 Å². The smallest absolute Gasteiger partial charge is 0.104 e. The molecule has 0 bridgehead atoms. The van der Waals surface area contributed by atoms with Crippen molar-refractivity contribution < 1.29 is 0 Å². The van der Waals surface area contributed by atoms with Gasteiger partial charge in [-0.05, 0) is 12.0 Å². The van der Waals surface area contributed by atoms with E-state index in [-0.39, 0.29) is 0 Å². The van der Waals surface area contributed by atoms with Gasteiger partial charge in [-0.15, -0.1) is 0 Å². The maximum atomic E-state index is 2.42. The van der Waals surface area contributed by atoms with Gasteiger partial charge in [0.05, 0.1) is 0 Å². The van der Waals surface area contributed by atoms with E-state index >= 15 is 0 Å². The predicted octanol–water partition coefficient (Wildman–Crippen LogP) is 2.68. The largest absolute Gasteiger partial charge is 0.359 e. The Morgan fingerprint density at radius 3 is 2.56 bits per heavy atom. The van der Waals surface area contributed by atoms with E-state index in [0.717, 1.165) is 13.0 Å². The van der Waals surface area contributed by atoms with Crippen molar-refractivity contribution in [3.8, 4) is 0 Å². The van der Waals surface area contributed by atoms with Crippen LogP contribution in [-0.2, 0) is 6.42 Å². The maximum Gasteiger partial charge on any atom is 0.104 e. The van der Waals surface area contributed by atoms with Gasteiger partial charge in [-0.2, -0.15) is 0 Å². The van der Waals surface area contributed by atoms with Crippen LogP contribution in [0.4, 0.5) is 0 Å². The number of likely N-dealkylation sites (N-methyl/N-ethyl adjacent to an activating group) is 1. The Bertz CT molecular complexity index is 345. The molecule has 0 radical (unpaired) electrons. The van der Waals surface area contributed by atoms with Crippen LogP contribution in [0.5, 0.6) is 0 Å². The van der Waals surface area contributed by atoms with Crippen molar-refractivity contribution in [2.45, 2.75) is 25.9 Å². The van der Waals surface area contributed by atoms with Crippen LogP contribution < -0.4 is 0 Å². The van der Waals surface area contributed by atoms with Gasteiger partial charge in [0.1, 0.15) is 6.17 Å². The fraction of sp³-hybridized carbons (Fsp3) is 0.429. The summed E-state index contributed by atoms with van der Waals surface area (Å²) < 4.78 is 0. The van der Waals surface area contributed by atoms with Crippen LogP contribution in [-0.4, -0.2) is 29.6 Å². The molecule has 0 spiro atoms. The van der Waals surface area contributed by atoms with E-state index in [9.17, 15) is 0 Å². The summed E-state index contributed by atoms with van der Waals surface area (Å²) in [5, 5.41) is 0. The third-order valence-corrected chi connectivity index (χ3v) is 3.09. The lowest BCUT2D eigenvalue weighted by molar-refractivity contribution is 0.176. The van der Waals surface area contributed by atoms with Gasteiger partial charge in [0.2, 0.25) is 0 Å². The van der Waals surface area contributed by atoms with Crippen LogP contribution in [0.15, 0.2) is 42.7 Å². The standard InChI is InChI=1S/C14H20N2/c1-3-9-16-11-10-15(2)14(16)12-13-7-5-4-6-8-13/h4-8,10-11,14H,3,9,12H2,1-2H3. The van der Waals surface area contributed by atoms with Crippen LogP contribution in [0.2, 0.25) is 0 Å². The van der Waals surface area contributed by atoms with Crippen LogP contribution in [0, 0.1) is 0 Å². The first kappa shape index (κ1) is 11.1. The molecule has 0 amide bonds. The molecule has 0 N–H and O–H groups in total. The molecule has 86 valence electrons. The van der Waals surface area contributed by atoms with Crippen LogP contribution >= 0.6 is 0 Å². The fourth-order valence-electron chi connectivity index (χ4n) is 2.19. The summed E-state index contributed by atoms with van der Waals surface area (Å²) in [5.74, 6) is 0. The Morgan fingerprint density at radius 1 is 1.12 bits per heavy atom. The van der Waals surface area contributed by atoms with E-state index in [2.05, 4.69) is 66.5 Å². The molecule has 0 saturated carbocycles. The average Bonchev–Trinajstić information content (AvgIpc) is 2.64. The number of nitrogens with zero attached hydrogens (tertiary/aromatic N) is 2. The highest BCUT2D eigenvalue weighted by atomic mass is 15.4. The summed E-state index contributed by atoms with van der Waals surface area (Å²) in [7, 11) is 2.15. The lowest BCUT2D eigenvalue weighted by Gasteiger charge is -2.30. The van der Waals surface area contributed by atoms with E-state index < -0.39 is 0 Å². The minimum atomic E-state index is 0.488. The second kappa shape index (κ2) is 5.06. The first-order valence-corrected chi connectivity index (χ1v) is 6.01. The summed E-state index contributed by atoms with van der Waals surface area (Å²) in [4.78, 5) is 4.72. The first-order chi connectivity index (χ1) is 7.81. The van der Waals surface area contributed by atoms with Gasteiger partial charge in [-0.1, -0.05) is 37.3 Å². The number of benzene rings is 1. The van der Waals surface area contributed by atoms with Gasteiger partial charge in [0, 0.05) is 32.4 Å². The first-order valence-electron chi connectivity index (χ1n) is 6.01. The van der Waals surface area contributed by atoms with Gasteiger partial charge < -0.3 is 9.80 Å². The number of hydrogen-bond donors (Lipinski definition) is 0. The second-order valence-corrected chi connectivity index (χ2v) is 4.37. The summed E-state index contributed by atoms with van der Waals surface area (Å²) in [6, 6.07) is 10.7. The third-order valence-electron chi connectivity index (χ3n) is 3.09. The van der Waals surface area contributed by atoms with E-state index in [1.54, 1.807) is 0 Å². The molecule has 1 unspecified atom stereocenters. The monoisotopic (exact) mass is 216 g/mol. The van der Waals surface area contributed by atoms with Crippen molar-refractivity contribution in [1.82, 2.24) is 9.80 Å². The normalized spacial score (nSPS) is 19.5. The highest BCUT2D eigenvalue weighted by molar-refractivity contribution is 5.17. The minimum Gasteiger partial charge on any atom is -0.359 e. The Labute approximate surface area is 98.2 Å². The Balaban J connectivity index is 2.03. The molecule has 1 aromatic rings. The second-order valence-electron chi connectivity index (χ2n) is 4.37. The fourth-order valence-corrected chi connectivity index (χ4v) is 2.19. The van der Waals surface area contributed by atoms with Gasteiger partial charge in [-0.3, -0.25) is 0 Å². The molecule has 2 nitrogen and oxygen atoms in total. The molecule has 1 aliphatic rings. The molecule has 1 atom stereocenters. The molecule has 0 fully saturated rings. The van der Waals surface area contributed by atoms with Gasteiger partial charge in [-0.25, -0.2) is 0 Å². The molecule has 16 heavy (non-hydrogen) atoms. The zero-order valence-corrected chi connectivity index (χ0v) is 10.1. The Kier molecular flexibility index (Phi) is 3.50. The van der Waals surface area contributed by atoms with E-state index in [1.165, 1.54) is 12.0 Å². The topological polar surface area (TPSA) is 6.48 Å². The Morgan fingerprint density at radius 2 is 1.88 bits per heavy atom. The van der Waals surface area contributed by atoms with Crippen molar-refractivity contribution in [2.75, 3.05) is 13.6 Å². The molecule has 0 aromatic heterocycles. The number of hydrogen-bond acceptors (Lipinski definition) is 2. The molecular formula is C14H20N2. The quantitative estimate of drug-likeness (QED) is 0.763. The third kappa shape index (κ3) is 2.38. The SMILES string of the molecule is CCCN1C=CN(C)C1Cc1ccccc1. The molecule has 1 heterocycles. The summed E-state index contributed by atoms with van der Waals surface area (Å²) >= 11 is 0. The van der Waals surface area contributed by atoms with Crippen molar-refractivity contribution in [2.24, 2.45) is 0 Å². The van der Waals surface area contributed by atoms with Gasteiger partial charge >= 0.3 is 0 Å². The molecule has 2 heteroatoms. The molecule has 2 rings (SSSR count). The molecule has 1 aliphatic heterocycles. The van der Waals surface area contributed by atoms with Gasteiger partial charge in [0.15, 0.2) is 0 Å². The summed E-state index contributed by atoms with van der Waals surface area (Å²) in [6.07, 6.45) is 7.15.